The van der Waals surface area contributed by atoms with Gasteiger partial charge in [-0.15, -0.1) is 0 Å². The number of ether oxygens (including phenoxy) is 5. The van der Waals surface area contributed by atoms with Crippen LogP contribution in [0.5, 0.6) is 5.75 Å². The number of carbonyl (C=O) groups is 2. The van der Waals surface area contributed by atoms with Crippen LogP contribution in [0.4, 0.5) is 0 Å². The van der Waals surface area contributed by atoms with E-state index in [9.17, 15) is 9.59 Å². The Hall–Kier alpha value is -2.82. The number of esters is 2. The third-order valence-corrected chi connectivity index (χ3v) is 5.60. The van der Waals surface area contributed by atoms with Crippen LogP contribution in [0.3, 0.4) is 0 Å². The van der Waals surface area contributed by atoms with E-state index in [4.69, 9.17) is 23.7 Å². The molecule has 2 rings (SSSR count). The van der Waals surface area contributed by atoms with Crippen LogP contribution in [-0.2, 0) is 28.5 Å². The Morgan fingerprint density at radius 3 is 2.75 bits per heavy atom. The van der Waals surface area contributed by atoms with E-state index < -0.39 is 5.97 Å². The second-order valence-electron chi connectivity index (χ2n) is 8.46. The summed E-state index contributed by atoms with van der Waals surface area (Å²) in [6.45, 7) is 4.20. The maximum Gasteiger partial charge on any atom is 0.330 e. The number of benzene rings is 1. The van der Waals surface area contributed by atoms with Gasteiger partial charge >= 0.3 is 11.9 Å². The van der Waals surface area contributed by atoms with Crippen LogP contribution in [0.15, 0.2) is 24.3 Å². The molecule has 0 saturated carbocycles. The number of rotatable bonds is 15. The number of unbranched alkanes of at least 4 members (excludes halogenated alkanes) is 4. The zero-order valence-corrected chi connectivity index (χ0v) is 21.7. The first-order valence-corrected chi connectivity index (χ1v) is 13.0. The van der Waals surface area contributed by atoms with Gasteiger partial charge in [0.25, 0.3) is 0 Å². The molecule has 0 radical (unpaired) electrons. The van der Waals surface area contributed by atoms with Gasteiger partial charge in [-0.2, -0.15) is 0 Å². The first kappa shape index (κ1) is 29.4. The number of hydrogen-bond acceptors (Lipinski definition) is 7. The van der Waals surface area contributed by atoms with Gasteiger partial charge in [0, 0.05) is 43.3 Å². The molecule has 1 aromatic rings. The third kappa shape index (κ3) is 12.2. The van der Waals surface area contributed by atoms with Crippen molar-refractivity contribution >= 4 is 18.0 Å². The fraction of sp³-hybridized carbons (Fsp3) is 0.586. The van der Waals surface area contributed by atoms with Crippen molar-refractivity contribution in [1.82, 2.24) is 0 Å². The summed E-state index contributed by atoms with van der Waals surface area (Å²) in [5, 5.41) is 0. The highest BCUT2D eigenvalue weighted by Crippen LogP contribution is 2.24. The first-order chi connectivity index (χ1) is 17.6. The monoisotopic (exact) mass is 500 g/mol. The Morgan fingerprint density at radius 1 is 1.11 bits per heavy atom. The summed E-state index contributed by atoms with van der Waals surface area (Å²) < 4.78 is 27.0. The van der Waals surface area contributed by atoms with Crippen molar-refractivity contribution in [2.75, 3.05) is 33.5 Å². The first-order valence-electron chi connectivity index (χ1n) is 13.0. The average molecular weight is 501 g/mol. The van der Waals surface area contributed by atoms with Gasteiger partial charge in [0.05, 0.1) is 20.3 Å². The smallest absolute Gasteiger partial charge is 0.330 e. The predicted molar refractivity (Wildman–Crippen MR) is 138 cm³/mol. The minimum absolute atomic E-state index is 0.0469. The molecule has 7 nitrogen and oxygen atoms in total. The Morgan fingerprint density at radius 2 is 1.97 bits per heavy atom. The molecule has 0 N–H and O–H groups in total. The van der Waals surface area contributed by atoms with Crippen LogP contribution in [0.1, 0.15) is 82.3 Å². The Labute approximate surface area is 215 Å². The van der Waals surface area contributed by atoms with Crippen molar-refractivity contribution in [3.63, 3.8) is 0 Å². The molecule has 0 bridgehead atoms. The van der Waals surface area contributed by atoms with E-state index >= 15 is 0 Å². The van der Waals surface area contributed by atoms with Gasteiger partial charge in [-0.1, -0.05) is 17.9 Å². The molecule has 0 amide bonds. The number of carbonyl (C=O) groups excluding carboxylic acids is 2. The van der Waals surface area contributed by atoms with E-state index in [1.807, 2.05) is 18.2 Å². The van der Waals surface area contributed by atoms with Gasteiger partial charge in [-0.05, 0) is 76.5 Å². The van der Waals surface area contributed by atoms with Gasteiger partial charge in [0.15, 0.2) is 6.29 Å². The molecule has 198 valence electrons. The minimum Gasteiger partial charge on any atom is -0.493 e. The second kappa shape index (κ2) is 18.4. The normalized spacial score (nSPS) is 15.2. The summed E-state index contributed by atoms with van der Waals surface area (Å²) >= 11 is 0. The zero-order valence-electron chi connectivity index (χ0n) is 21.7. The fourth-order valence-electron chi connectivity index (χ4n) is 3.66. The van der Waals surface area contributed by atoms with Gasteiger partial charge in [-0.25, -0.2) is 4.79 Å². The highest BCUT2D eigenvalue weighted by molar-refractivity contribution is 5.88. The molecule has 1 aromatic carbocycles. The van der Waals surface area contributed by atoms with Gasteiger partial charge in [-0.3, -0.25) is 4.79 Å². The minimum atomic E-state index is -0.440. The van der Waals surface area contributed by atoms with E-state index in [1.165, 1.54) is 19.6 Å². The molecule has 1 aliphatic heterocycles. The topological polar surface area (TPSA) is 80.3 Å². The van der Waals surface area contributed by atoms with Gasteiger partial charge in [0.1, 0.15) is 5.75 Å². The maximum atomic E-state index is 11.7. The molecule has 0 aromatic heterocycles. The zero-order chi connectivity index (χ0) is 25.8. The summed E-state index contributed by atoms with van der Waals surface area (Å²) in [7, 11) is 1.34. The molecule has 36 heavy (non-hydrogen) atoms. The lowest BCUT2D eigenvalue weighted by Gasteiger charge is -2.22. The van der Waals surface area contributed by atoms with Crippen LogP contribution in [0.2, 0.25) is 0 Å². The van der Waals surface area contributed by atoms with Crippen LogP contribution in [0.25, 0.3) is 6.08 Å². The van der Waals surface area contributed by atoms with Crippen LogP contribution in [-0.4, -0.2) is 51.8 Å². The third-order valence-electron chi connectivity index (χ3n) is 5.60. The van der Waals surface area contributed by atoms with Crippen LogP contribution >= 0.6 is 0 Å². The summed E-state index contributed by atoms with van der Waals surface area (Å²) in [4.78, 5) is 23.1. The summed E-state index contributed by atoms with van der Waals surface area (Å²) in [6, 6.07) is 5.68. The van der Waals surface area contributed by atoms with Crippen molar-refractivity contribution < 1.29 is 33.3 Å². The molecule has 1 aliphatic rings. The molecule has 0 spiro atoms. The van der Waals surface area contributed by atoms with Gasteiger partial charge < -0.3 is 23.7 Å². The average Bonchev–Trinajstić information content (AvgIpc) is 2.90. The van der Waals surface area contributed by atoms with Crippen molar-refractivity contribution in [2.24, 2.45) is 0 Å². The summed E-state index contributed by atoms with van der Waals surface area (Å²) in [6.07, 6.45) is 11.8. The molecule has 1 unspecified atom stereocenters. The van der Waals surface area contributed by atoms with Crippen molar-refractivity contribution in [1.29, 1.82) is 0 Å². The molecule has 1 fully saturated rings. The van der Waals surface area contributed by atoms with Crippen molar-refractivity contribution in [2.45, 2.75) is 77.4 Å². The van der Waals surface area contributed by atoms with Crippen LogP contribution < -0.4 is 4.74 Å². The Kier molecular flexibility index (Phi) is 15.1. The Balaban J connectivity index is 1.85. The maximum absolute atomic E-state index is 11.7. The molecule has 1 saturated heterocycles. The molecular weight excluding hydrogens is 460 g/mol. The quantitative estimate of drug-likeness (QED) is 0.137. The highest BCUT2D eigenvalue weighted by atomic mass is 16.7. The lowest BCUT2D eigenvalue weighted by atomic mass is 10.1. The summed E-state index contributed by atoms with van der Waals surface area (Å²) in [5.41, 5.74) is 1.54. The van der Waals surface area contributed by atoms with E-state index in [1.54, 1.807) is 13.0 Å². The standard InChI is InChI=1S/C29H40O7/c1-3-33-28(31)17-8-6-11-21-34-26-16-13-15-24(25(26)19-20-27(30)32-2)14-7-4-5-10-22-35-29-18-9-12-23-36-29/h13,15-16,19-20,29H,3-6,8-12,17-18,21-23H2,1-2H3/b20-19+. The van der Waals surface area contributed by atoms with Crippen molar-refractivity contribution in [3.05, 3.63) is 35.4 Å². The van der Waals surface area contributed by atoms with Gasteiger partial charge in [0.2, 0.25) is 0 Å². The van der Waals surface area contributed by atoms with Crippen LogP contribution in [0, 0.1) is 11.8 Å². The Bertz CT molecular complexity index is 875. The highest BCUT2D eigenvalue weighted by Gasteiger charge is 2.13. The molecule has 1 heterocycles. The van der Waals surface area contributed by atoms with E-state index in [0.717, 1.165) is 69.1 Å². The second-order valence-corrected chi connectivity index (χ2v) is 8.46. The molecular formula is C29H40O7. The number of methoxy groups -OCH3 is 1. The molecule has 0 aliphatic carbocycles. The SMILES string of the molecule is CCOC(=O)CCCCCOc1cccc(C#CCCCCOC2CCCCO2)c1/C=C/C(=O)OC. The molecule has 1 atom stereocenters. The van der Waals surface area contributed by atoms with E-state index in [-0.39, 0.29) is 12.3 Å². The van der Waals surface area contributed by atoms with Crippen molar-refractivity contribution in [3.8, 4) is 17.6 Å². The largest absolute Gasteiger partial charge is 0.493 e. The number of hydrogen-bond donors (Lipinski definition) is 0. The fourth-order valence-corrected chi connectivity index (χ4v) is 3.66. The molecule has 7 heteroatoms. The van der Waals surface area contributed by atoms with E-state index in [2.05, 4.69) is 11.8 Å². The predicted octanol–water partition coefficient (Wildman–Crippen LogP) is 5.44. The lowest BCUT2D eigenvalue weighted by Crippen LogP contribution is -2.22. The summed E-state index contributed by atoms with van der Waals surface area (Å²) in [5.74, 6) is 6.51. The van der Waals surface area contributed by atoms with E-state index in [0.29, 0.717) is 32.0 Å². The lowest BCUT2D eigenvalue weighted by molar-refractivity contribution is -0.162.